The van der Waals surface area contributed by atoms with E-state index in [9.17, 15) is 9.59 Å². The Morgan fingerprint density at radius 2 is 1.11 bits per heavy atom. The van der Waals surface area contributed by atoms with Crippen LogP contribution in [0.5, 0.6) is 0 Å². The fraction of sp³-hybridized carbons (Fsp3) is 0.429. The fourth-order valence-electron chi connectivity index (χ4n) is 4.40. The third-order valence-corrected chi connectivity index (χ3v) is 6.25. The van der Waals surface area contributed by atoms with Crippen LogP contribution in [-0.2, 0) is 9.59 Å². The first-order valence-electron chi connectivity index (χ1n) is 13.0. The van der Waals surface area contributed by atoms with Crippen LogP contribution < -0.4 is 21.3 Å². The lowest BCUT2D eigenvalue weighted by Gasteiger charge is -2.08. The average molecular weight is 489 g/mol. The van der Waals surface area contributed by atoms with E-state index >= 15 is 0 Å². The van der Waals surface area contributed by atoms with Crippen LogP contribution in [0.25, 0.3) is 0 Å². The minimum atomic E-state index is 0.0463. The van der Waals surface area contributed by atoms with Gasteiger partial charge in [0.2, 0.25) is 11.8 Å². The van der Waals surface area contributed by atoms with Crippen molar-refractivity contribution in [1.82, 2.24) is 10.6 Å². The molecule has 2 aromatic rings. The Hall–Kier alpha value is -3.68. The van der Waals surface area contributed by atoms with Gasteiger partial charge in [0.05, 0.1) is 13.1 Å². The molecule has 4 rings (SSSR count). The topological polar surface area (TPSA) is 107 Å². The van der Waals surface area contributed by atoms with Crippen LogP contribution in [0.15, 0.2) is 58.5 Å². The van der Waals surface area contributed by atoms with Crippen molar-refractivity contribution in [3.05, 3.63) is 59.7 Å². The molecule has 2 heterocycles. The number of unbranched alkanes of at least 4 members (excludes halogenated alkanes) is 5. The summed E-state index contributed by atoms with van der Waals surface area (Å²) in [4.78, 5) is 33.4. The highest BCUT2D eigenvalue weighted by Gasteiger charge is 2.11. The van der Waals surface area contributed by atoms with Crippen LogP contribution in [0, 0.1) is 0 Å². The summed E-state index contributed by atoms with van der Waals surface area (Å²) in [5.74, 6) is 1.88. The summed E-state index contributed by atoms with van der Waals surface area (Å²) in [7, 11) is 0. The Kier molecular flexibility index (Phi) is 9.47. The summed E-state index contributed by atoms with van der Waals surface area (Å²) in [5.41, 5.74) is 3.62. The zero-order valence-corrected chi connectivity index (χ0v) is 20.8. The minimum absolute atomic E-state index is 0.0463. The molecule has 8 nitrogen and oxygen atoms in total. The number of carbonyl (C=O) groups excluding carboxylic acids is 2. The van der Waals surface area contributed by atoms with Gasteiger partial charge in [-0.3, -0.25) is 19.6 Å². The molecule has 2 aliphatic rings. The molecule has 2 aliphatic heterocycles. The predicted octanol–water partition coefficient (Wildman–Crippen LogP) is 4.08. The Morgan fingerprint density at radius 3 is 1.53 bits per heavy atom. The Labute approximate surface area is 213 Å². The van der Waals surface area contributed by atoms with Crippen LogP contribution in [0.2, 0.25) is 0 Å². The van der Waals surface area contributed by atoms with Gasteiger partial charge >= 0.3 is 0 Å². The molecule has 0 aromatic heterocycles. The van der Waals surface area contributed by atoms with Crippen molar-refractivity contribution >= 4 is 34.9 Å². The summed E-state index contributed by atoms with van der Waals surface area (Å²) >= 11 is 0. The molecule has 0 aliphatic carbocycles. The zero-order valence-electron chi connectivity index (χ0n) is 20.8. The number of nitrogens with zero attached hydrogens (tertiary/aromatic N) is 2. The van der Waals surface area contributed by atoms with E-state index in [1.807, 2.05) is 48.5 Å². The molecule has 0 spiro atoms. The number of hydrogen-bond donors (Lipinski definition) is 4. The molecular formula is C28H36N6O2. The number of hydrogen-bond acceptors (Lipinski definition) is 6. The lowest BCUT2D eigenvalue weighted by molar-refractivity contribution is -0.117. The number of amidine groups is 2. The first-order chi connectivity index (χ1) is 17.7. The van der Waals surface area contributed by atoms with E-state index in [4.69, 9.17) is 0 Å². The highest BCUT2D eigenvalue weighted by atomic mass is 16.2. The Balaban J connectivity index is 1.04. The summed E-state index contributed by atoms with van der Waals surface area (Å²) in [6.45, 7) is 3.32. The third kappa shape index (κ3) is 7.93. The van der Waals surface area contributed by atoms with Crippen molar-refractivity contribution in [1.29, 1.82) is 0 Å². The van der Waals surface area contributed by atoms with Gasteiger partial charge in [0, 0.05) is 48.4 Å². The van der Waals surface area contributed by atoms with Gasteiger partial charge in [0.15, 0.2) is 0 Å². The van der Waals surface area contributed by atoms with Crippen LogP contribution >= 0.6 is 0 Å². The van der Waals surface area contributed by atoms with Gasteiger partial charge in [-0.1, -0.05) is 49.9 Å². The smallest absolute Gasteiger partial charge is 0.224 e. The van der Waals surface area contributed by atoms with Gasteiger partial charge in [-0.15, -0.1) is 0 Å². The Morgan fingerprint density at radius 1 is 0.667 bits per heavy atom. The molecule has 0 radical (unpaired) electrons. The SMILES string of the molecule is O=C(CCCCCCCCC(=O)Nc1cccc(C2=NCCN2)c1)Nc1cccc(C2=NCCN2)c1. The maximum Gasteiger partial charge on any atom is 0.224 e. The van der Waals surface area contributed by atoms with Gasteiger partial charge in [-0.2, -0.15) is 0 Å². The van der Waals surface area contributed by atoms with Crippen LogP contribution in [-0.4, -0.2) is 49.7 Å². The van der Waals surface area contributed by atoms with Crippen LogP contribution in [0.4, 0.5) is 11.4 Å². The van der Waals surface area contributed by atoms with Crippen molar-refractivity contribution in [2.45, 2.75) is 51.4 Å². The maximum absolute atomic E-state index is 12.3. The standard InChI is InChI=1S/C28H36N6O2/c35-25(33-23-11-7-9-21(19-23)27-29-15-16-30-27)13-5-3-1-2-4-6-14-26(36)34-24-12-8-10-22(20-24)28-31-17-18-32-28/h7-12,19-20H,1-6,13-18H2,(H,29,30)(H,31,32)(H,33,35)(H,34,36). The molecule has 0 atom stereocenters. The van der Waals surface area contributed by atoms with E-state index in [1.54, 1.807) is 0 Å². The number of nitrogens with one attached hydrogen (secondary N) is 4. The molecule has 0 saturated carbocycles. The molecule has 0 fully saturated rings. The summed E-state index contributed by atoms with van der Waals surface area (Å²) in [5, 5.41) is 12.5. The molecule has 0 saturated heterocycles. The van der Waals surface area contributed by atoms with Crippen LogP contribution in [0.3, 0.4) is 0 Å². The van der Waals surface area contributed by atoms with Gasteiger partial charge in [-0.05, 0) is 37.1 Å². The monoisotopic (exact) mass is 488 g/mol. The average Bonchev–Trinajstić information content (AvgIpc) is 3.61. The molecule has 0 bridgehead atoms. The lowest BCUT2D eigenvalue weighted by Crippen LogP contribution is -2.19. The van der Waals surface area contributed by atoms with E-state index in [0.29, 0.717) is 12.8 Å². The Bertz CT molecular complexity index is 1020. The molecule has 0 unspecified atom stereocenters. The number of carbonyl (C=O) groups is 2. The number of amides is 2. The van der Waals surface area contributed by atoms with Crippen molar-refractivity contribution in [3.63, 3.8) is 0 Å². The second-order valence-corrected chi connectivity index (χ2v) is 9.19. The van der Waals surface area contributed by atoms with E-state index in [1.165, 1.54) is 0 Å². The molecule has 190 valence electrons. The number of rotatable bonds is 13. The normalized spacial score (nSPS) is 14.4. The summed E-state index contributed by atoms with van der Waals surface area (Å²) in [6.07, 6.45) is 6.98. The highest BCUT2D eigenvalue weighted by molar-refractivity contribution is 6.02. The molecule has 8 heteroatoms. The predicted molar refractivity (Wildman–Crippen MR) is 146 cm³/mol. The van der Waals surface area contributed by atoms with Gasteiger partial charge in [0.25, 0.3) is 0 Å². The zero-order chi connectivity index (χ0) is 25.0. The van der Waals surface area contributed by atoms with Gasteiger partial charge in [-0.25, -0.2) is 0 Å². The fourth-order valence-corrected chi connectivity index (χ4v) is 4.40. The summed E-state index contributed by atoms with van der Waals surface area (Å²) < 4.78 is 0. The second-order valence-electron chi connectivity index (χ2n) is 9.19. The van der Waals surface area contributed by atoms with Crippen LogP contribution in [0.1, 0.15) is 62.5 Å². The van der Waals surface area contributed by atoms with E-state index in [0.717, 1.165) is 98.9 Å². The van der Waals surface area contributed by atoms with Gasteiger partial charge in [0.1, 0.15) is 11.7 Å². The number of aliphatic imine (C=N–C) groups is 2. The second kappa shape index (κ2) is 13.4. The molecule has 4 N–H and O–H groups in total. The molecule has 2 amide bonds. The number of anilines is 2. The lowest BCUT2D eigenvalue weighted by atomic mass is 10.1. The van der Waals surface area contributed by atoms with Crippen molar-refractivity contribution < 1.29 is 9.59 Å². The minimum Gasteiger partial charge on any atom is -0.368 e. The molecular weight excluding hydrogens is 452 g/mol. The van der Waals surface area contributed by atoms with Crippen molar-refractivity contribution in [2.24, 2.45) is 9.98 Å². The first kappa shape index (κ1) is 25.4. The third-order valence-electron chi connectivity index (χ3n) is 6.25. The highest BCUT2D eigenvalue weighted by Crippen LogP contribution is 2.15. The van der Waals surface area contributed by atoms with Crippen molar-refractivity contribution in [3.8, 4) is 0 Å². The quantitative estimate of drug-likeness (QED) is 0.319. The number of benzene rings is 2. The maximum atomic E-state index is 12.3. The van der Waals surface area contributed by atoms with E-state index < -0.39 is 0 Å². The largest absolute Gasteiger partial charge is 0.368 e. The molecule has 2 aromatic carbocycles. The van der Waals surface area contributed by atoms with Gasteiger partial charge < -0.3 is 21.3 Å². The van der Waals surface area contributed by atoms with Crippen molar-refractivity contribution in [2.75, 3.05) is 36.8 Å². The van der Waals surface area contributed by atoms with E-state index in [2.05, 4.69) is 31.3 Å². The summed E-state index contributed by atoms with van der Waals surface area (Å²) in [6, 6.07) is 15.6. The molecule has 36 heavy (non-hydrogen) atoms. The van der Waals surface area contributed by atoms with E-state index in [-0.39, 0.29) is 11.8 Å². The first-order valence-corrected chi connectivity index (χ1v) is 13.0.